The SMILES string of the molecule is CNC(=O)c1cccnc1NCc1cc(F)ccc1Br. The third kappa shape index (κ3) is 3.33. The van der Waals surface area contributed by atoms with Crippen LogP contribution >= 0.6 is 15.9 Å². The lowest BCUT2D eigenvalue weighted by Crippen LogP contribution is -2.20. The van der Waals surface area contributed by atoms with Crippen LogP contribution in [0.5, 0.6) is 0 Å². The first-order valence-corrected chi connectivity index (χ1v) is 6.76. The van der Waals surface area contributed by atoms with E-state index in [1.165, 1.54) is 12.1 Å². The van der Waals surface area contributed by atoms with Gasteiger partial charge in [-0.1, -0.05) is 15.9 Å². The van der Waals surface area contributed by atoms with Crippen LogP contribution in [-0.4, -0.2) is 17.9 Å². The van der Waals surface area contributed by atoms with Crippen molar-refractivity contribution in [2.75, 3.05) is 12.4 Å². The highest BCUT2D eigenvalue weighted by atomic mass is 79.9. The normalized spacial score (nSPS) is 10.2. The zero-order chi connectivity index (χ0) is 14.5. The van der Waals surface area contributed by atoms with Gasteiger partial charge in [0.15, 0.2) is 0 Å². The zero-order valence-electron chi connectivity index (χ0n) is 10.8. The summed E-state index contributed by atoms with van der Waals surface area (Å²) in [5, 5.41) is 5.60. The van der Waals surface area contributed by atoms with Crippen LogP contribution in [0.15, 0.2) is 41.0 Å². The summed E-state index contributed by atoms with van der Waals surface area (Å²) in [5.41, 5.74) is 1.20. The van der Waals surface area contributed by atoms with Crippen LogP contribution in [-0.2, 0) is 6.54 Å². The van der Waals surface area contributed by atoms with E-state index in [1.54, 1.807) is 31.4 Å². The summed E-state index contributed by atoms with van der Waals surface area (Å²) in [7, 11) is 1.56. The molecule has 0 saturated carbocycles. The van der Waals surface area contributed by atoms with Crippen molar-refractivity contribution in [1.82, 2.24) is 10.3 Å². The number of carbonyl (C=O) groups is 1. The number of halogens is 2. The number of anilines is 1. The molecule has 0 spiro atoms. The Labute approximate surface area is 124 Å². The Morgan fingerprint density at radius 2 is 2.20 bits per heavy atom. The molecule has 1 heterocycles. The third-order valence-electron chi connectivity index (χ3n) is 2.73. The van der Waals surface area contributed by atoms with E-state index in [1.807, 2.05) is 0 Å². The second-order valence-corrected chi connectivity index (χ2v) is 4.92. The van der Waals surface area contributed by atoms with Gasteiger partial charge in [-0.25, -0.2) is 9.37 Å². The van der Waals surface area contributed by atoms with Gasteiger partial charge in [0, 0.05) is 24.3 Å². The summed E-state index contributed by atoms with van der Waals surface area (Å²) >= 11 is 3.36. The number of rotatable bonds is 4. The van der Waals surface area contributed by atoms with Gasteiger partial charge in [0.2, 0.25) is 0 Å². The monoisotopic (exact) mass is 337 g/mol. The molecule has 0 aliphatic carbocycles. The molecule has 20 heavy (non-hydrogen) atoms. The van der Waals surface area contributed by atoms with Crippen molar-refractivity contribution in [2.24, 2.45) is 0 Å². The Morgan fingerprint density at radius 3 is 2.95 bits per heavy atom. The molecule has 0 bridgehead atoms. The van der Waals surface area contributed by atoms with Gasteiger partial charge in [-0.15, -0.1) is 0 Å². The Morgan fingerprint density at radius 1 is 1.40 bits per heavy atom. The maximum atomic E-state index is 13.2. The molecule has 0 aliphatic heterocycles. The first-order chi connectivity index (χ1) is 9.61. The molecule has 2 rings (SSSR count). The fourth-order valence-corrected chi connectivity index (χ4v) is 2.11. The maximum Gasteiger partial charge on any atom is 0.254 e. The van der Waals surface area contributed by atoms with Crippen molar-refractivity contribution in [3.63, 3.8) is 0 Å². The molecule has 6 heteroatoms. The van der Waals surface area contributed by atoms with E-state index in [2.05, 4.69) is 31.5 Å². The van der Waals surface area contributed by atoms with Crippen LogP contribution in [0.4, 0.5) is 10.2 Å². The van der Waals surface area contributed by atoms with E-state index in [9.17, 15) is 9.18 Å². The van der Waals surface area contributed by atoms with Crippen molar-refractivity contribution in [2.45, 2.75) is 6.54 Å². The highest BCUT2D eigenvalue weighted by Crippen LogP contribution is 2.20. The van der Waals surface area contributed by atoms with Crippen LogP contribution in [0.1, 0.15) is 15.9 Å². The third-order valence-corrected chi connectivity index (χ3v) is 3.51. The highest BCUT2D eigenvalue weighted by Gasteiger charge is 2.10. The van der Waals surface area contributed by atoms with Crippen LogP contribution in [0, 0.1) is 5.82 Å². The molecule has 0 atom stereocenters. The largest absolute Gasteiger partial charge is 0.365 e. The zero-order valence-corrected chi connectivity index (χ0v) is 12.4. The predicted molar refractivity (Wildman–Crippen MR) is 79.1 cm³/mol. The molecular formula is C14H13BrFN3O. The lowest BCUT2D eigenvalue weighted by molar-refractivity contribution is 0.0963. The van der Waals surface area contributed by atoms with E-state index < -0.39 is 0 Å². The summed E-state index contributed by atoms with van der Waals surface area (Å²) in [5.74, 6) is -0.0699. The first kappa shape index (κ1) is 14.5. The van der Waals surface area contributed by atoms with Crippen molar-refractivity contribution in [3.8, 4) is 0 Å². The molecule has 1 amide bonds. The Kier molecular flexibility index (Phi) is 4.68. The molecule has 0 radical (unpaired) electrons. The first-order valence-electron chi connectivity index (χ1n) is 5.96. The molecule has 2 aromatic rings. The number of pyridine rings is 1. The van der Waals surface area contributed by atoms with Gasteiger partial charge in [-0.3, -0.25) is 4.79 Å². The Hall–Kier alpha value is -1.95. The number of nitrogens with one attached hydrogen (secondary N) is 2. The topological polar surface area (TPSA) is 54.0 Å². The second kappa shape index (κ2) is 6.47. The molecular weight excluding hydrogens is 325 g/mol. The lowest BCUT2D eigenvalue weighted by Gasteiger charge is -2.11. The molecule has 0 fully saturated rings. The van der Waals surface area contributed by atoms with Gasteiger partial charge in [-0.2, -0.15) is 0 Å². The van der Waals surface area contributed by atoms with Gasteiger partial charge in [0.25, 0.3) is 5.91 Å². The summed E-state index contributed by atoms with van der Waals surface area (Å²) in [6, 6.07) is 7.82. The van der Waals surface area contributed by atoms with E-state index in [-0.39, 0.29) is 11.7 Å². The minimum Gasteiger partial charge on any atom is -0.365 e. The van der Waals surface area contributed by atoms with Gasteiger partial charge < -0.3 is 10.6 Å². The van der Waals surface area contributed by atoms with E-state index in [4.69, 9.17) is 0 Å². The van der Waals surface area contributed by atoms with Crippen LogP contribution in [0.25, 0.3) is 0 Å². The molecule has 0 aliphatic rings. The van der Waals surface area contributed by atoms with Crippen LogP contribution < -0.4 is 10.6 Å². The minimum absolute atomic E-state index is 0.223. The molecule has 1 aromatic carbocycles. The summed E-state index contributed by atoms with van der Waals surface area (Å²) in [4.78, 5) is 15.8. The average molecular weight is 338 g/mol. The standard InChI is InChI=1S/C14H13BrFN3O/c1-17-14(20)11-3-2-6-18-13(11)19-8-9-7-10(16)4-5-12(9)15/h2-7H,8H2,1H3,(H,17,20)(H,18,19). The van der Waals surface area contributed by atoms with E-state index in [0.717, 1.165) is 10.0 Å². The number of carbonyl (C=O) groups excluding carboxylic acids is 1. The molecule has 104 valence electrons. The number of amides is 1. The van der Waals surface area contributed by atoms with Gasteiger partial charge in [0.1, 0.15) is 11.6 Å². The van der Waals surface area contributed by atoms with Crippen molar-refractivity contribution >= 4 is 27.7 Å². The number of hydrogen-bond acceptors (Lipinski definition) is 3. The quantitative estimate of drug-likeness (QED) is 0.901. The molecule has 1 aromatic heterocycles. The van der Waals surface area contributed by atoms with Crippen molar-refractivity contribution in [1.29, 1.82) is 0 Å². The summed E-state index contributed by atoms with van der Waals surface area (Å²) < 4.78 is 14.0. The summed E-state index contributed by atoms with van der Waals surface area (Å²) in [6.45, 7) is 0.360. The highest BCUT2D eigenvalue weighted by molar-refractivity contribution is 9.10. The Balaban J connectivity index is 2.19. The van der Waals surface area contributed by atoms with Crippen molar-refractivity contribution in [3.05, 3.63) is 57.9 Å². The van der Waals surface area contributed by atoms with Crippen LogP contribution in [0.2, 0.25) is 0 Å². The molecule has 4 nitrogen and oxygen atoms in total. The predicted octanol–water partition coefficient (Wildman–Crippen LogP) is 2.95. The molecule has 2 N–H and O–H groups in total. The van der Waals surface area contributed by atoms with Gasteiger partial charge in [-0.05, 0) is 35.9 Å². The smallest absolute Gasteiger partial charge is 0.254 e. The minimum atomic E-state index is -0.308. The fraction of sp³-hybridized carbons (Fsp3) is 0.143. The van der Waals surface area contributed by atoms with E-state index >= 15 is 0 Å². The number of benzene rings is 1. The average Bonchev–Trinajstić information content (AvgIpc) is 2.47. The lowest BCUT2D eigenvalue weighted by atomic mass is 10.2. The van der Waals surface area contributed by atoms with Gasteiger partial charge >= 0.3 is 0 Å². The summed E-state index contributed by atoms with van der Waals surface area (Å²) in [6.07, 6.45) is 1.59. The Bertz CT molecular complexity index is 634. The second-order valence-electron chi connectivity index (χ2n) is 4.07. The van der Waals surface area contributed by atoms with Crippen LogP contribution in [0.3, 0.4) is 0 Å². The fourth-order valence-electron chi connectivity index (χ4n) is 1.72. The molecule has 0 unspecified atom stereocenters. The number of aromatic nitrogens is 1. The van der Waals surface area contributed by atoms with Gasteiger partial charge in [0.05, 0.1) is 5.56 Å². The van der Waals surface area contributed by atoms with E-state index in [0.29, 0.717) is 17.9 Å². The number of nitrogens with zero attached hydrogens (tertiary/aromatic N) is 1. The maximum absolute atomic E-state index is 13.2. The van der Waals surface area contributed by atoms with Crippen molar-refractivity contribution < 1.29 is 9.18 Å². The molecule has 0 saturated heterocycles. The number of hydrogen-bond donors (Lipinski definition) is 2.